The van der Waals surface area contributed by atoms with Crippen LogP contribution in [0.3, 0.4) is 0 Å². The standard InChI is InChI=1S/C12H12N2OSe2/c1-15-11-4-2-10(3-5-11)6-12(17-9-14)7-16-8-13/h2-5,12H,6-7H2,1H3. The first-order valence-electron chi connectivity index (χ1n) is 4.98. The van der Waals surface area contributed by atoms with Crippen molar-refractivity contribution < 1.29 is 4.74 Å². The van der Waals surface area contributed by atoms with Gasteiger partial charge in [-0.05, 0) is 0 Å². The van der Waals surface area contributed by atoms with Gasteiger partial charge in [-0.2, -0.15) is 0 Å². The van der Waals surface area contributed by atoms with Crippen LogP contribution in [0.5, 0.6) is 5.75 Å². The molecule has 1 atom stereocenters. The first kappa shape index (κ1) is 14.1. The van der Waals surface area contributed by atoms with Gasteiger partial charge in [-0.1, -0.05) is 0 Å². The van der Waals surface area contributed by atoms with Crippen molar-refractivity contribution in [1.82, 2.24) is 0 Å². The molecule has 1 aromatic carbocycles. The minimum absolute atomic E-state index is 0.00966. The van der Waals surface area contributed by atoms with Crippen molar-refractivity contribution in [2.75, 3.05) is 7.11 Å². The number of rotatable bonds is 6. The number of methoxy groups -OCH3 is 1. The van der Waals surface area contributed by atoms with Crippen molar-refractivity contribution in [1.29, 1.82) is 10.5 Å². The van der Waals surface area contributed by atoms with Crippen LogP contribution >= 0.6 is 0 Å². The molecule has 0 aliphatic rings. The fourth-order valence-electron chi connectivity index (χ4n) is 1.36. The third kappa shape index (κ3) is 5.26. The summed E-state index contributed by atoms with van der Waals surface area (Å²) in [6, 6.07) is 7.92. The maximum atomic E-state index is 8.78. The number of nitrogens with zero attached hydrogens (tertiary/aromatic N) is 2. The molecule has 3 nitrogen and oxygen atoms in total. The molecule has 0 spiro atoms. The average Bonchev–Trinajstić information content (AvgIpc) is 2.37. The second-order valence-corrected chi connectivity index (χ2v) is 7.25. The Labute approximate surface area is 114 Å². The first-order valence-corrected chi connectivity index (χ1v) is 8.90. The summed E-state index contributed by atoms with van der Waals surface area (Å²) in [6.07, 6.45) is 0.890. The van der Waals surface area contributed by atoms with Crippen molar-refractivity contribution in [3.63, 3.8) is 0 Å². The Bertz CT molecular complexity index is 420. The summed E-state index contributed by atoms with van der Waals surface area (Å²) in [7, 11) is 1.64. The van der Waals surface area contributed by atoms with E-state index in [0.717, 1.165) is 17.5 Å². The van der Waals surface area contributed by atoms with Crippen LogP contribution < -0.4 is 4.74 Å². The first-order chi connectivity index (χ1) is 8.30. The monoisotopic (exact) mass is 360 g/mol. The van der Waals surface area contributed by atoms with Crippen LogP contribution in [0, 0.1) is 20.5 Å². The molecule has 1 aromatic rings. The predicted molar refractivity (Wildman–Crippen MR) is 68.0 cm³/mol. The molecule has 0 fully saturated rings. The molecule has 0 amide bonds. The topological polar surface area (TPSA) is 56.8 Å². The Morgan fingerprint density at radius 2 is 1.94 bits per heavy atom. The van der Waals surface area contributed by atoms with Gasteiger partial charge in [0.25, 0.3) is 0 Å². The molecule has 1 unspecified atom stereocenters. The minimum atomic E-state index is -0.0292. The summed E-state index contributed by atoms with van der Waals surface area (Å²) in [6.45, 7) is 0. The number of hydrogen-bond donors (Lipinski definition) is 0. The van der Waals surface area contributed by atoms with Crippen LogP contribution in [0.4, 0.5) is 0 Å². The van der Waals surface area contributed by atoms with Crippen molar-refractivity contribution in [3.8, 4) is 15.7 Å². The third-order valence-corrected chi connectivity index (χ3v) is 6.33. The molecule has 88 valence electrons. The van der Waals surface area contributed by atoms with Gasteiger partial charge in [0.15, 0.2) is 0 Å². The molecule has 0 aliphatic heterocycles. The molecule has 17 heavy (non-hydrogen) atoms. The van der Waals surface area contributed by atoms with Crippen molar-refractivity contribution in [2.24, 2.45) is 0 Å². The van der Waals surface area contributed by atoms with Crippen LogP contribution in [0.2, 0.25) is 10.1 Å². The second kappa shape index (κ2) is 8.18. The SMILES string of the molecule is COc1ccc(CC(C[Se]C#N)[Se]C#N)cc1. The summed E-state index contributed by atoms with van der Waals surface area (Å²) in [5.74, 6) is 0.845. The number of nitriles is 2. The van der Waals surface area contributed by atoms with E-state index in [2.05, 4.69) is 9.94 Å². The van der Waals surface area contributed by atoms with E-state index in [1.807, 2.05) is 24.3 Å². The van der Waals surface area contributed by atoms with Crippen LogP contribution in [0.1, 0.15) is 5.56 Å². The Balaban J connectivity index is 2.59. The van der Waals surface area contributed by atoms with Gasteiger partial charge in [-0.25, -0.2) is 0 Å². The molecular weight excluding hydrogens is 346 g/mol. The molecule has 0 radical (unpaired) electrons. The normalized spacial score (nSPS) is 11.2. The Morgan fingerprint density at radius 3 is 2.47 bits per heavy atom. The molecular formula is C12H12N2OSe2. The molecule has 0 aromatic heterocycles. The van der Waals surface area contributed by atoms with Crippen molar-refractivity contribution in [3.05, 3.63) is 29.8 Å². The zero-order valence-electron chi connectivity index (χ0n) is 9.42. The van der Waals surface area contributed by atoms with E-state index >= 15 is 0 Å². The van der Waals surface area contributed by atoms with Gasteiger partial charge < -0.3 is 0 Å². The Morgan fingerprint density at radius 1 is 1.24 bits per heavy atom. The van der Waals surface area contributed by atoms with Gasteiger partial charge in [-0.3, -0.25) is 0 Å². The van der Waals surface area contributed by atoms with E-state index in [0.29, 0.717) is 4.82 Å². The average molecular weight is 358 g/mol. The zero-order valence-corrected chi connectivity index (χ0v) is 12.8. The summed E-state index contributed by atoms with van der Waals surface area (Å²) in [5, 5.41) is 18.3. The Kier molecular flexibility index (Phi) is 6.78. The molecule has 5 heteroatoms. The molecule has 0 aliphatic carbocycles. The molecule has 0 saturated heterocycles. The third-order valence-electron chi connectivity index (χ3n) is 2.18. The van der Waals surface area contributed by atoms with Gasteiger partial charge in [0, 0.05) is 0 Å². The molecule has 0 N–H and O–H groups in total. The van der Waals surface area contributed by atoms with Crippen LogP contribution in [-0.2, 0) is 6.42 Å². The molecule has 1 rings (SSSR count). The van der Waals surface area contributed by atoms with Crippen LogP contribution in [0.15, 0.2) is 24.3 Å². The molecule has 0 saturated carbocycles. The second-order valence-electron chi connectivity index (χ2n) is 3.29. The summed E-state index contributed by atoms with van der Waals surface area (Å²) in [4.78, 5) is 4.82. The van der Waals surface area contributed by atoms with E-state index < -0.39 is 0 Å². The number of ether oxygens (including phenoxy) is 1. The molecule has 0 bridgehead atoms. The van der Waals surface area contributed by atoms with E-state index in [1.54, 1.807) is 7.11 Å². The van der Waals surface area contributed by atoms with Gasteiger partial charge in [-0.15, -0.1) is 0 Å². The molecule has 0 heterocycles. The number of benzene rings is 1. The van der Waals surface area contributed by atoms with E-state index in [1.165, 1.54) is 5.56 Å². The zero-order chi connectivity index (χ0) is 12.5. The van der Waals surface area contributed by atoms with Crippen LogP contribution in [0.25, 0.3) is 0 Å². The van der Waals surface area contributed by atoms with E-state index in [-0.39, 0.29) is 29.9 Å². The van der Waals surface area contributed by atoms with E-state index in [4.69, 9.17) is 15.3 Å². The van der Waals surface area contributed by atoms with Gasteiger partial charge in [0.05, 0.1) is 0 Å². The Hall–Kier alpha value is -0.961. The van der Waals surface area contributed by atoms with Gasteiger partial charge >= 0.3 is 114 Å². The van der Waals surface area contributed by atoms with Gasteiger partial charge in [0.1, 0.15) is 0 Å². The predicted octanol–water partition coefficient (Wildman–Crippen LogP) is 1.82. The summed E-state index contributed by atoms with van der Waals surface area (Å²) in [5.41, 5.74) is 1.21. The van der Waals surface area contributed by atoms with E-state index in [9.17, 15) is 0 Å². The quantitative estimate of drug-likeness (QED) is 0.729. The van der Waals surface area contributed by atoms with Gasteiger partial charge in [0.2, 0.25) is 0 Å². The fraction of sp³-hybridized carbons (Fsp3) is 0.333. The van der Waals surface area contributed by atoms with Crippen molar-refractivity contribution in [2.45, 2.75) is 16.6 Å². The van der Waals surface area contributed by atoms with Crippen molar-refractivity contribution >= 4 is 29.9 Å². The van der Waals surface area contributed by atoms with Crippen LogP contribution in [-0.4, -0.2) is 37.0 Å². The maximum absolute atomic E-state index is 8.78. The summed E-state index contributed by atoms with van der Waals surface area (Å²) < 4.78 is 5.10. The summed E-state index contributed by atoms with van der Waals surface area (Å²) >= 11 is -0.0196. The fourth-order valence-corrected chi connectivity index (χ4v) is 4.68. The number of hydrogen-bond acceptors (Lipinski definition) is 3.